The molecule has 0 bridgehead atoms. The summed E-state index contributed by atoms with van der Waals surface area (Å²) in [5, 5.41) is 0.633. The highest BCUT2D eigenvalue weighted by Crippen LogP contribution is 2.22. The van der Waals surface area contributed by atoms with E-state index in [1.165, 1.54) is 0 Å². The standard InChI is InChI=1S/C18H21ClN4O/c1-5-22-11-20-15-16(22)21-14(10-18(2,3)4)23(17(15)24)13-8-6-12(19)7-9-13/h6-9,11H,5,10H2,1-4H3. The first-order chi connectivity index (χ1) is 11.3. The molecule has 0 aliphatic carbocycles. The SMILES string of the molecule is CCn1cnc2c(=O)n(-c3ccc(Cl)cc3)c(CC(C)(C)C)nc21. The van der Waals surface area contributed by atoms with E-state index in [4.69, 9.17) is 16.6 Å². The number of hydrogen-bond acceptors (Lipinski definition) is 3. The highest BCUT2D eigenvalue weighted by atomic mass is 35.5. The number of aryl methyl sites for hydroxylation is 1. The van der Waals surface area contributed by atoms with Gasteiger partial charge in [-0.15, -0.1) is 0 Å². The molecule has 0 atom stereocenters. The molecule has 0 radical (unpaired) electrons. The van der Waals surface area contributed by atoms with E-state index in [1.54, 1.807) is 23.0 Å². The molecule has 6 heteroatoms. The summed E-state index contributed by atoms with van der Waals surface area (Å²) in [5.41, 5.74) is 1.65. The number of fused-ring (bicyclic) bond motifs is 1. The van der Waals surface area contributed by atoms with Crippen molar-refractivity contribution in [2.45, 2.75) is 40.7 Å². The largest absolute Gasteiger partial charge is 0.315 e. The van der Waals surface area contributed by atoms with E-state index in [9.17, 15) is 4.79 Å². The first kappa shape index (κ1) is 16.7. The van der Waals surface area contributed by atoms with Crippen LogP contribution in [0, 0.1) is 5.41 Å². The van der Waals surface area contributed by atoms with Gasteiger partial charge in [-0.3, -0.25) is 9.36 Å². The Kier molecular flexibility index (Phi) is 4.22. The summed E-state index contributed by atoms with van der Waals surface area (Å²) < 4.78 is 3.55. The zero-order valence-electron chi connectivity index (χ0n) is 14.4. The molecule has 0 fully saturated rings. The molecule has 0 amide bonds. The van der Waals surface area contributed by atoms with Gasteiger partial charge in [0.15, 0.2) is 11.2 Å². The number of imidazole rings is 1. The summed E-state index contributed by atoms with van der Waals surface area (Å²) in [7, 11) is 0. The van der Waals surface area contributed by atoms with Crippen LogP contribution in [0.2, 0.25) is 5.02 Å². The van der Waals surface area contributed by atoms with Crippen molar-refractivity contribution in [2.75, 3.05) is 0 Å². The first-order valence-electron chi connectivity index (χ1n) is 8.03. The Bertz CT molecular complexity index is 933. The van der Waals surface area contributed by atoms with Gasteiger partial charge in [-0.1, -0.05) is 32.4 Å². The Morgan fingerprint density at radius 1 is 1.17 bits per heavy atom. The van der Waals surface area contributed by atoms with Crippen molar-refractivity contribution >= 4 is 22.8 Å². The maximum Gasteiger partial charge on any atom is 0.286 e. The second kappa shape index (κ2) is 6.06. The van der Waals surface area contributed by atoms with Gasteiger partial charge >= 0.3 is 0 Å². The van der Waals surface area contributed by atoms with Crippen LogP contribution in [0.5, 0.6) is 0 Å². The van der Waals surface area contributed by atoms with Gasteiger partial charge < -0.3 is 4.57 Å². The lowest BCUT2D eigenvalue weighted by Gasteiger charge is -2.21. The summed E-state index contributed by atoms with van der Waals surface area (Å²) in [5.74, 6) is 0.734. The van der Waals surface area contributed by atoms with E-state index < -0.39 is 0 Å². The van der Waals surface area contributed by atoms with Crippen molar-refractivity contribution < 1.29 is 0 Å². The van der Waals surface area contributed by atoms with Crippen molar-refractivity contribution in [1.29, 1.82) is 0 Å². The van der Waals surface area contributed by atoms with Gasteiger partial charge in [0.25, 0.3) is 5.56 Å². The van der Waals surface area contributed by atoms with Gasteiger partial charge in [0.05, 0.1) is 12.0 Å². The molecule has 0 unspecified atom stereocenters. The van der Waals surface area contributed by atoms with E-state index >= 15 is 0 Å². The van der Waals surface area contributed by atoms with Crippen LogP contribution < -0.4 is 5.56 Å². The molecular weight excluding hydrogens is 324 g/mol. The van der Waals surface area contributed by atoms with E-state index in [1.807, 2.05) is 23.6 Å². The lowest BCUT2D eigenvalue weighted by molar-refractivity contribution is 0.396. The van der Waals surface area contributed by atoms with Crippen molar-refractivity contribution in [3.63, 3.8) is 0 Å². The third kappa shape index (κ3) is 3.08. The summed E-state index contributed by atoms with van der Waals surface area (Å²) in [4.78, 5) is 22.1. The van der Waals surface area contributed by atoms with Crippen LogP contribution in [0.3, 0.4) is 0 Å². The molecule has 3 aromatic rings. The summed E-state index contributed by atoms with van der Waals surface area (Å²) in [6.07, 6.45) is 2.35. The minimum atomic E-state index is -0.145. The van der Waals surface area contributed by atoms with Gasteiger partial charge in [-0.05, 0) is 36.6 Å². The van der Waals surface area contributed by atoms with Gasteiger partial charge in [0, 0.05) is 18.0 Å². The molecule has 0 saturated heterocycles. The topological polar surface area (TPSA) is 52.7 Å². The number of aromatic nitrogens is 4. The molecule has 2 aromatic heterocycles. The smallest absolute Gasteiger partial charge is 0.286 e. The summed E-state index contributed by atoms with van der Waals surface area (Å²) in [6, 6.07) is 7.22. The molecule has 0 saturated carbocycles. The Morgan fingerprint density at radius 3 is 2.42 bits per heavy atom. The summed E-state index contributed by atoms with van der Waals surface area (Å²) >= 11 is 5.98. The average molecular weight is 345 g/mol. The van der Waals surface area contributed by atoms with Crippen LogP contribution in [-0.4, -0.2) is 19.1 Å². The normalized spacial score (nSPS) is 12.0. The predicted octanol–water partition coefficient (Wildman–Crippen LogP) is 3.84. The average Bonchev–Trinajstić information content (AvgIpc) is 2.90. The maximum absolute atomic E-state index is 13.1. The molecule has 0 aliphatic heterocycles. The molecular formula is C18H21ClN4O. The molecule has 2 heterocycles. The molecule has 126 valence electrons. The molecule has 3 rings (SSSR count). The van der Waals surface area contributed by atoms with E-state index in [0.29, 0.717) is 22.6 Å². The minimum absolute atomic E-state index is 0.00163. The van der Waals surface area contributed by atoms with Crippen molar-refractivity contribution in [2.24, 2.45) is 5.41 Å². The number of hydrogen-bond donors (Lipinski definition) is 0. The molecule has 1 aromatic carbocycles. The zero-order valence-corrected chi connectivity index (χ0v) is 15.1. The van der Waals surface area contributed by atoms with E-state index in [0.717, 1.165) is 18.1 Å². The third-order valence-electron chi connectivity index (χ3n) is 3.82. The number of halogens is 1. The number of benzene rings is 1. The van der Waals surface area contributed by atoms with Gasteiger partial charge in [0.2, 0.25) is 0 Å². The Hall–Kier alpha value is -2.14. The van der Waals surface area contributed by atoms with E-state index in [2.05, 4.69) is 25.8 Å². The minimum Gasteiger partial charge on any atom is -0.315 e. The fourth-order valence-corrected chi connectivity index (χ4v) is 2.85. The van der Waals surface area contributed by atoms with Crippen molar-refractivity contribution in [3.8, 4) is 5.69 Å². The number of rotatable bonds is 3. The Morgan fingerprint density at radius 2 is 1.83 bits per heavy atom. The fourth-order valence-electron chi connectivity index (χ4n) is 2.72. The van der Waals surface area contributed by atoms with Gasteiger partial charge in [0.1, 0.15) is 5.82 Å². The molecule has 0 spiro atoms. The zero-order chi connectivity index (χ0) is 17.5. The maximum atomic E-state index is 13.1. The monoisotopic (exact) mass is 344 g/mol. The quantitative estimate of drug-likeness (QED) is 0.725. The van der Waals surface area contributed by atoms with Crippen molar-refractivity contribution in [1.82, 2.24) is 19.1 Å². The predicted molar refractivity (Wildman–Crippen MR) is 97.0 cm³/mol. The van der Waals surface area contributed by atoms with Crippen LogP contribution in [0.1, 0.15) is 33.5 Å². The second-order valence-electron chi connectivity index (χ2n) is 7.09. The lowest BCUT2D eigenvalue weighted by atomic mass is 9.92. The van der Waals surface area contributed by atoms with Gasteiger partial charge in [-0.25, -0.2) is 9.97 Å². The highest BCUT2D eigenvalue weighted by Gasteiger charge is 2.21. The molecule has 24 heavy (non-hydrogen) atoms. The summed E-state index contributed by atoms with van der Waals surface area (Å²) in [6.45, 7) is 9.13. The van der Waals surface area contributed by atoms with Crippen LogP contribution in [0.15, 0.2) is 35.4 Å². The van der Waals surface area contributed by atoms with Gasteiger partial charge in [-0.2, -0.15) is 0 Å². The fraction of sp³-hybridized carbons (Fsp3) is 0.389. The lowest BCUT2D eigenvalue weighted by Crippen LogP contribution is -2.27. The van der Waals surface area contributed by atoms with Crippen LogP contribution in [0.4, 0.5) is 0 Å². The van der Waals surface area contributed by atoms with Crippen molar-refractivity contribution in [3.05, 3.63) is 51.8 Å². The number of nitrogens with zero attached hydrogens (tertiary/aromatic N) is 4. The van der Waals surface area contributed by atoms with Crippen LogP contribution in [-0.2, 0) is 13.0 Å². The second-order valence-corrected chi connectivity index (χ2v) is 7.52. The Balaban J connectivity index is 2.32. The Labute approximate surface area is 145 Å². The van der Waals surface area contributed by atoms with Crippen LogP contribution in [0.25, 0.3) is 16.9 Å². The molecule has 0 aliphatic rings. The van der Waals surface area contributed by atoms with Crippen LogP contribution >= 0.6 is 11.6 Å². The highest BCUT2D eigenvalue weighted by molar-refractivity contribution is 6.30. The first-order valence-corrected chi connectivity index (χ1v) is 8.40. The molecule has 0 N–H and O–H groups in total. The van der Waals surface area contributed by atoms with E-state index in [-0.39, 0.29) is 11.0 Å². The molecule has 5 nitrogen and oxygen atoms in total. The third-order valence-corrected chi connectivity index (χ3v) is 4.07.